The predicted octanol–water partition coefficient (Wildman–Crippen LogP) is 10.8. The molecule has 234 valence electrons. The van der Waals surface area contributed by atoms with Gasteiger partial charge in [0.15, 0.2) is 17.5 Å². The molecular formula is C44H33N5. The van der Waals surface area contributed by atoms with E-state index in [1.165, 1.54) is 0 Å². The standard InChI is InChI=1S/C44H33N5/c1-3-15-40(45-4-2)33-20-13-22-35(26-33)42-47-43(36-23-14-21-34(27-36)41-24-11-12-25-46-41)49-44(48-42)39-29-37(31-16-7-5-8-17-31)28-38(30-39)32-18-9-6-10-19-32/h3-30H,2H2,1H3/b15-3-,45-40+. The maximum Gasteiger partial charge on any atom is 0.164 e. The minimum absolute atomic E-state index is 0.565. The first-order valence-electron chi connectivity index (χ1n) is 16.1. The summed E-state index contributed by atoms with van der Waals surface area (Å²) in [5.74, 6) is 1.72. The lowest BCUT2D eigenvalue weighted by Gasteiger charge is -2.13. The molecule has 0 aliphatic carbocycles. The van der Waals surface area contributed by atoms with Crippen molar-refractivity contribution < 1.29 is 0 Å². The van der Waals surface area contributed by atoms with E-state index in [4.69, 9.17) is 15.0 Å². The van der Waals surface area contributed by atoms with Gasteiger partial charge in [0.2, 0.25) is 0 Å². The van der Waals surface area contributed by atoms with Gasteiger partial charge < -0.3 is 0 Å². The van der Waals surface area contributed by atoms with Gasteiger partial charge in [-0.05, 0) is 77.7 Å². The fraction of sp³-hybridized carbons (Fsp3) is 0.0227. The number of rotatable bonds is 9. The number of pyridine rings is 1. The topological polar surface area (TPSA) is 63.9 Å². The van der Waals surface area contributed by atoms with E-state index in [0.29, 0.717) is 17.5 Å². The first kappa shape index (κ1) is 31.0. The highest BCUT2D eigenvalue weighted by Crippen LogP contribution is 2.34. The van der Waals surface area contributed by atoms with Crippen molar-refractivity contribution in [3.05, 3.63) is 182 Å². The van der Waals surface area contributed by atoms with E-state index in [2.05, 4.69) is 101 Å². The second-order valence-electron chi connectivity index (χ2n) is 11.4. The Bertz CT molecular complexity index is 2240. The molecule has 7 aromatic rings. The van der Waals surface area contributed by atoms with Crippen LogP contribution in [0.2, 0.25) is 0 Å². The number of benzene rings is 5. The van der Waals surface area contributed by atoms with Gasteiger partial charge in [-0.2, -0.15) is 0 Å². The van der Waals surface area contributed by atoms with Crippen molar-refractivity contribution in [1.82, 2.24) is 19.9 Å². The Balaban J connectivity index is 1.44. The van der Waals surface area contributed by atoms with Crippen molar-refractivity contribution in [1.29, 1.82) is 0 Å². The minimum atomic E-state index is 0.565. The quantitative estimate of drug-likeness (QED) is 0.149. The fourth-order valence-electron chi connectivity index (χ4n) is 5.75. The molecule has 0 saturated carbocycles. The maximum atomic E-state index is 5.13. The van der Waals surface area contributed by atoms with Gasteiger partial charge in [-0.3, -0.25) is 9.98 Å². The third-order valence-corrected chi connectivity index (χ3v) is 8.09. The average molecular weight is 632 g/mol. The van der Waals surface area contributed by atoms with Crippen LogP contribution in [-0.2, 0) is 0 Å². The third kappa shape index (κ3) is 7.07. The molecule has 0 N–H and O–H groups in total. The van der Waals surface area contributed by atoms with Gasteiger partial charge in [-0.15, -0.1) is 0 Å². The maximum absolute atomic E-state index is 5.13. The second-order valence-corrected chi connectivity index (χ2v) is 11.4. The number of aromatic nitrogens is 4. The summed E-state index contributed by atoms with van der Waals surface area (Å²) in [4.78, 5) is 24.4. The van der Waals surface area contributed by atoms with E-state index in [-0.39, 0.29) is 0 Å². The molecule has 0 aliphatic heterocycles. The van der Waals surface area contributed by atoms with Gasteiger partial charge in [-0.25, -0.2) is 15.0 Å². The molecule has 0 bridgehead atoms. The van der Waals surface area contributed by atoms with Gasteiger partial charge in [0.25, 0.3) is 0 Å². The molecule has 0 atom stereocenters. The van der Waals surface area contributed by atoms with Crippen LogP contribution in [0, 0.1) is 0 Å². The summed E-state index contributed by atoms with van der Waals surface area (Å²) in [7, 11) is 0. The molecule has 49 heavy (non-hydrogen) atoms. The monoisotopic (exact) mass is 631 g/mol. The van der Waals surface area contributed by atoms with Crippen LogP contribution >= 0.6 is 0 Å². The smallest absolute Gasteiger partial charge is 0.164 e. The van der Waals surface area contributed by atoms with Gasteiger partial charge in [0.05, 0.1) is 11.4 Å². The highest BCUT2D eigenvalue weighted by molar-refractivity contribution is 6.09. The first-order chi connectivity index (χ1) is 24.2. The summed E-state index contributed by atoms with van der Waals surface area (Å²) in [5, 5.41) is 0. The first-order valence-corrected chi connectivity index (χ1v) is 16.1. The highest BCUT2D eigenvalue weighted by atomic mass is 15.0. The van der Waals surface area contributed by atoms with Crippen LogP contribution in [0.5, 0.6) is 0 Å². The van der Waals surface area contributed by atoms with Crippen LogP contribution in [0.4, 0.5) is 0 Å². The number of nitrogens with zero attached hydrogens (tertiary/aromatic N) is 5. The Hall–Kier alpha value is -6.59. The lowest BCUT2D eigenvalue weighted by molar-refractivity contribution is 1.07. The molecule has 0 spiro atoms. The van der Waals surface area contributed by atoms with Crippen molar-refractivity contribution in [2.75, 3.05) is 0 Å². The summed E-state index contributed by atoms with van der Waals surface area (Å²) in [6, 6.07) is 49.5. The number of aliphatic imine (C=N–C) groups is 1. The van der Waals surface area contributed by atoms with Gasteiger partial charge in [-0.1, -0.05) is 116 Å². The fourth-order valence-corrected chi connectivity index (χ4v) is 5.75. The average Bonchev–Trinajstić information content (AvgIpc) is 3.18. The van der Waals surface area contributed by atoms with Crippen molar-refractivity contribution >= 4 is 5.71 Å². The largest absolute Gasteiger partial charge is 0.257 e. The number of allylic oxidation sites excluding steroid dienone is 2. The van der Waals surface area contributed by atoms with Gasteiger partial charge >= 0.3 is 0 Å². The molecule has 7 rings (SSSR count). The van der Waals surface area contributed by atoms with E-state index in [1.807, 2.05) is 79.7 Å². The molecule has 0 saturated heterocycles. The minimum Gasteiger partial charge on any atom is -0.257 e. The van der Waals surface area contributed by atoms with E-state index < -0.39 is 0 Å². The Morgan fingerprint density at radius 3 is 1.61 bits per heavy atom. The molecule has 0 unspecified atom stereocenters. The normalized spacial score (nSPS) is 11.5. The van der Waals surface area contributed by atoms with Crippen molar-refractivity contribution in [3.8, 4) is 67.7 Å². The molecule has 0 aliphatic rings. The summed E-state index contributed by atoms with van der Waals surface area (Å²) in [6.07, 6.45) is 7.29. The third-order valence-electron chi connectivity index (χ3n) is 8.09. The number of hydrogen-bond acceptors (Lipinski definition) is 5. The second kappa shape index (κ2) is 14.4. The van der Waals surface area contributed by atoms with Crippen LogP contribution < -0.4 is 0 Å². The molecule has 0 fully saturated rings. The molecular weight excluding hydrogens is 599 g/mol. The Kier molecular flexibility index (Phi) is 9.15. The SMILES string of the molecule is C=C/N=C(\C=C/C)c1cccc(-c2nc(-c3cc(-c4ccccc4)cc(-c4ccccc4)c3)nc(-c3cccc(-c4ccccn4)c3)n2)c1. The van der Waals surface area contributed by atoms with E-state index in [9.17, 15) is 0 Å². The van der Waals surface area contributed by atoms with Crippen LogP contribution in [0.15, 0.2) is 182 Å². The van der Waals surface area contributed by atoms with E-state index >= 15 is 0 Å². The Morgan fingerprint density at radius 1 is 0.510 bits per heavy atom. The van der Waals surface area contributed by atoms with Crippen LogP contribution in [0.1, 0.15) is 12.5 Å². The van der Waals surface area contributed by atoms with Crippen molar-refractivity contribution in [3.63, 3.8) is 0 Å². The van der Waals surface area contributed by atoms with Crippen molar-refractivity contribution in [2.45, 2.75) is 6.92 Å². The zero-order valence-corrected chi connectivity index (χ0v) is 27.1. The van der Waals surface area contributed by atoms with Crippen molar-refractivity contribution in [2.24, 2.45) is 4.99 Å². The molecule has 5 nitrogen and oxygen atoms in total. The molecule has 2 aromatic heterocycles. The van der Waals surface area contributed by atoms with E-state index in [0.717, 1.165) is 61.5 Å². The van der Waals surface area contributed by atoms with Gasteiger partial charge in [0.1, 0.15) is 0 Å². The Labute approximate surface area is 286 Å². The van der Waals surface area contributed by atoms with E-state index in [1.54, 1.807) is 12.4 Å². The van der Waals surface area contributed by atoms with Crippen LogP contribution in [-0.4, -0.2) is 25.6 Å². The zero-order chi connectivity index (χ0) is 33.4. The summed E-state index contributed by atoms with van der Waals surface area (Å²) < 4.78 is 0. The highest BCUT2D eigenvalue weighted by Gasteiger charge is 2.16. The summed E-state index contributed by atoms with van der Waals surface area (Å²) in [6.45, 7) is 5.78. The molecule has 5 heteroatoms. The van der Waals surface area contributed by atoms with Gasteiger partial charge in [0, 0.05) is 40.2 Å². The molecule has 0 radical (unpaired) electrons. The summed E-state index contributed by atoms with van der Waals surface area (Å²) >= 11 is 0. The summed E-state index contributed by atoms with van der Waals surface area (Å²) in [5.41, 5.74) is 10.6. The Morgan fingerprint density at radius 2 is 1.02 bits per heavy atom. The molecule has 0 amide bonds. The van der Waals surface area contributed by atoms with Crippen LogP contribution in [0.3, 0.4) is 0 Å². The zero-order valence-electron chi connectivity index (χ0n) is 27.1. The van der Waals surface area contributed by atoms with Crippen LogP contribution in [0.25, 0.3) is 67.7 Å². The predicted molar refractivity (Wildman–Crippen MR) is 202 cm³/mol. The lowest BCUT2D eigenvalue weighted by Crippen LogP contribution is -2.02. The number of hydrogen-bond donors (Lipinski definition) is 0. The molecule has 2 heterocycles. The lowest BCUT2D eigenvalue weighted by atomic mass is 9.96. The molecule has 5 aromatic carbocycles.